The van der Waals surface area contributed by atoms with Crippen LogP contribution in [0.15, 0.2) is 11.3 Å². The predicted octanol–water partition coefficient (Wildman–Crippen LogP) is -0.0868. The molecule has 0 aromatic heterocycles. The highest BCUT2D eigenvalue weighted by Gasteiger charge is 2.42. The van der Waals surface area contributed by atoms with E-state index in [1.807, 2.05) is 0 Å². The molecule has 0 saturated carbocycles. The number of carboxylic acids is 1. The Morgan fingerprint density at radius 3 is 2.33 bits per heavy atom. The van der Waals surface area contributed by atoms with Crippen molar-refractivity contribution in [1.82, 2.24) is 5.32 Å². The molecule has 2 saturated heterocycles. The van der Waals surface area contributed by atoms with Gasteiger partial charge in [0.1, 0.15) is 6.04 Å². The number of ether oxygens (including phenoxy) is 2. The van der Waals surface area contributed by atoms with E-state index in [0.717, 1.165) is 0 Å². The Labute approximate surface area is 103 Å². The molecule has 2 fully saturated rings. The maximum absolute atomic E-state index is 11.7. The Kier molecular flexibility index (Phi) is 2.76. The second kappa shape index (κ2) is 4.01. The first-order chi connectivity index (χ1) is 8.30. The monoisotopic (exact) mass is 255 g/mol. The third-order valence-electron chi connectivity index (χ3n) is 2.72. The van der Waals surface area contributed by atoms with Crippen molar-refractivity contribution in [3.8, 4) is 0 Å². The molecule has 0 bridgehead atoms. The topological polar surface area (TPSA) is 102 Å². The Morgan fingerprint density at radius 1 is 1.33 bits per heavy atom. The molecular formula is C11H13NO6. The van der Waals surface area contributed by atoms with Gasteiger partial charge in [0, 0.05) is 19.5 Å². The molecule has 2 N–H and O–H groups in total. The van der Waals surface area contributed by atoms with Crippen molar-refractivity contribution in [3.05, 3.63) is 11.3 Å². The molecule has 18 heavy (non-hydrogen) atoms. The van der Waals surface area contributed by atoms with Crippen LogP contribution in [0, 0.1) is 0 Å². The van der Waals surface area contributed by atoms with Crippen molar-refractivity contribution in [2.45, 2.75) is 38.5 Å². The lowest BCUT2D eigenvalue weighted by Gasteiger charge is -2.30. The number of carboxylic acid groups (broad SMARTS) is 1. The lowest BCUT2D eigenvalue weighted by molar-refractivity contribution is -0.222. The smallest absolute Gasteiger partial charge is 0.350 e. The van der Waals surface area contributed by atoms with Crippen molar-refractivity contribution < 1.29 is 29.0 Å². The lowest BCUT2D eigenvalue weighted by atomic mass is 10.1. The number of carbonyl (C=O) groups excluding carboxylic acids is 2. The minimum atomic E-state index is -1.29. The van der Waals surface area contributed by atoms with Gasteiger partial charge in [0.2, 0.25) is 0 Å². The number of esters is 2. The summed E-state index contributed by atoms with van der Waals surface area (Å²) in [5.74, 6) is -3.89. The van der Waals surface area contributed by atoms with Crippen molar-refractivity contribution in [1.29, 1.82) is 0 Å². The van der Waals surface area contributed by atoms with E-state index in [4.69, 9.17) is 14.6 Å². The fraction of sp³-hybridized carbons (Fsp3) is 0.545. The molecule has 2 heterocycles. The van der Waals surface area contributed by atoms with Gasteiger partial charge in [0.25, 0.3) is 5.79 Å². The Balaban J connectivity index is 2.26. The zero-order valence-corrected chi connectivity index (χ0v) is 9.98. The van der Waals surface area contributed by atoms with Crippen LogP contribution in [-0.2, 0) is 23.9 Å². The van der Waals surface area contributed by atoms with E-state index in [0.29, 0.717) is 12.8 Å². The third kappa shape index (κ3) is 2.15. The average Bonchev–Trinajstić information content (AvgIpc) is 2.63. The normalized spacial score (nSPS) is 26.4. The zero-order valence-electron chi connectivity index (χ0n) is 9.98. The number of hydrogen-bond acceptors (Lipinski definition) is 6. The van der Waals surface area contributed by atoms with E-state index in [9.17, 15) is 14.4 Å². The standard InChI is InChI=1S/C11H13NO6/c1-11(2)17-9(15)7(10(16)18-11)5-3-4-6(12-5)8(13)14/h6,12H,3-4H2,1-2H3,(H,13,14). The molecule has 7 heteroatoms. The van der Waals surface area contributed by atoms with Crippen molar-refractivity contribution in [3.63, 3.8) is 0 Å². The number of rotatable bonds is 1. The fourth-order valence-electron chi connectivity index (χ4n) is 1.92. The molecule has 1 unspecified atom stereocenters. The van der Waals surface area contributed by atoms with Gasteiger partial charge in [-0.1, -0.05) is 0 Å². The summed E-state index contributed by atoms with van der Waals surface area (Å²) in [4.78, 5) is 34.2. The number of hydrogen-bond donors (Lipinski definition) is 2. The Hall–Kier alpha value is -2.05. The van der Waals surface area contributed by atoms with Gasteiger partial charge >= 0.3 is 17.9 Å². The summed E-state index contributed by atoms with van der Waals surface area (Å²) in [7, 11) is 0. The van der Waals surface area contributed by atoms with Gasteiger partial charge in [0.05, 0.1) is 0 Å². The van der Waals surface area contributed by atoms with Gasteiger partial charge < -0.3 is 19.9 Å². The quantitative estimate of drug-likeness (QED) is 0.383. The Morgan fingerprint density at radius 2 is 1.89 bits per heavy atom. The predicted molar refractivity (Wildman–Crippen MR) is 57.1 cm³/mol. The number of aliphatic carboxylic acids is 1. The molecule has 2 aliphatic rings. The minimum Gasteiger partial charge on any atom is -0.480 e. The summed E-state index contributed by atoms with van der Waals surface area (Å²) in [5, 5.41) is 11.5. The van der Waals surface area contributed by atoms with E-state index < -0.39 is 29.7 Å². The number of nitrogens with one attached hydrogen (secondary N) is 1. The second-order valence-corrected chi connectivity index (χ2v) is 4.61. The van der Waals surface area contributed by atoms with Crippen molar-refractivity contribution in [2.75, 3.05) is 0 Å². The maximum Gasteiger partial charge on any atom is 0.350 e. The van der Waals surface area contributed by atoms with Gasteiger partial charge in [-0.2, -0.15) is 0 Å². The number of cyclic esters (lactones) is 2. The summed E-state index contributed by atoms with van der Waals surface area (Å²) < 4.78 is 9.88. The highest BCUT2D eigenvalue weighted by Crippen LogP contribution is 2.28. The molecule has 2 rings (SSSR count). The van der Waals surface area contributed by atoms with Gasteiger partial charge in [-0.15, -0.1) is 0 Å². The third-order valence-corrected chi connectivity index (χ3v) is 2.72. The first-order valence-electron chi connectivity index (χ1n) is 5.49. The summed E-state index contributed by atoms with van der Waals surface area (Å²) in [6, 6.07) is -0.789. The fourth-order valence-corrected chi connectivity index (χ4v) is 1.92. The van der Waals surface area contributed by atoms with E-state index in [-0.39, 0.29) is 11.3 Å². The highest BCUT2D eigenvalue weighted by molar-refractivity contribution is 6.16. The molecule has 1 atom stereocenters. The van der Waals surface area contributed by atoms with Crippen LogP contribution in [0.25, 0.3) is 0 Å². The Bertz CT molecular complexity index is 442. The van der Waals surface area contributed by atoms with Crippen LogP contribution in [0.5, 0.6) is 0 Å². The van der Waals surface area contributed by atoms with Crippen LogP contribution in [0.3, 0.4) is 0 Å². The lowest BCUT2D eigenvalue weighted by Crippen LogP contribution is -2.43. The largest absolute Gasteiger partial charge is 0.480 e. The summed E-state index contributed by atoms with van der Waals surface area (Å²) in [6.45, 7) is 2.90. The molecule has 7 nitrogen and oxygen atoms in total. The van der Waals surface area contributed by atoms with Gasteiger partial charge in [0.15, 0.2) is 5.57 Å². The molecule has 98 valence electrons. The van der Waals surface area contributed by atoms with Crippen molar-refractivity contribution in [2.24, 2.45) is 0 Å². The summed E-state index contributed by atoms with van der Waals surface area (Å²) in [6.07, 6.45) is 0.620. The molecule has 0 spiro atoms. The number of carbonyl (C=O) groups is 3. The molecule has 0 aromatic carbocycles. The summed E-state index contributed by atoms with van der Waals surface area (Å²) in [5.41, 5.74) is 0.0333. The molecule has 0 radical (unpaired) electrons. The van der Waals surface area contributed by atoms with Crippen LogP contribution < -0.4 is 5.32 Å². The van der Waals surface area contributed by atoms with Crippen LogP contribution >= 0.6 is 0 Å². The van der Waals surface area contributed by atoms with E-state index >= 15 is 0 Å². The molecular weight excluding hydrogens is 242 g/mol. The number of allylic oxidation sites excluding steroid dienone is 1. The van der Waals surface area contributed by atoms with Crippen LogP contribution in [-0.4, -0.2) is 34.8 Å². The van der Waals surface area contributed by atoms with E-state index in [2.05, 4.69) is 5.32 Å². The average molecular weight is 255 g/mol. The molecule has 0 aromatic rings. The van der Waals surface area contributed by atoms with Gasteiger partial charge in [-0.05, 0) is 12.8 Å². The molecule has 0 aliphatic carbocycles. The maximum atomic E-state index is 11.7. The first-order valence-corrected chi connectivity index (χ1v) is 5.49. The van der Waals surface area contributed by atoms with Crippen molar-refractivity contribution >= 4 is 17.9 Å². The first kappa shape index (κ1) is 12.4. The summed E-state index contributed by atoms with van der Waals surface area (Å²) >= 11 is 0. The van der Waals surface area contributed by atoms with Gasteiger partial charge in [-0.25, -0.2) is 14.4 Å². The van der Waals surface area contributed by atoms with Crippen LogP contribution in [0.4, 0.5) is 0 Å². The minimum absolute atomic E-state index is 0.238. The van der Waals surface area contributed by atoms with Crippen LogP contribution in [0.2, 0.25) is 0 Å². The van der Waals surface area contributed by atoms with E-state index in [1.54, 1.807) is 0 Å². The van der Waals surface area contributed by atoms with Gasteiger partial charge in [-0.3, -0.25) is 0 Å². The molecule has 0 amide bonds. The second-order valence-electron chi connectivity index (χ2n) is 4.61. The van der Waals surface area contributed by atoms with Crippen LogP contribution in [0.1, 0.15) is 26.7 Å². The highest BCUT2D eigenvalue weighted by atomic mass is 16.7. The van der Waals surface area contributed by atoms with E-state index in [1.165, 1.54) is 13.8 Å². The molecule has 2 aliphatic heterocycles. The SMILES string of the molecule is CC1(C)OC(=O)C(=C2CCC(C(=O)O)N2)C(=O)O1. The zero-order chi connectivity index (χ0) is 13.5.